The molecule has 0 saturated carbocycles. The van der Waals surface area contributed by atoms with Crippen molar-refractivity contribution in [2.24, 2.45) is 0 Å². The Morgan fingerprint density at radius 1 is 1.32 bits per heavy atom. The maximum absolute atomic E-state index is 9.82. The molecule has 0 aromatic carbocycles. The molecule has 0 radical (unpaired) electrons. The van der Waals surface area contributed by atoms with Gasteiger partial charge in [0.1, 0.15) is 0 Å². The Balaban J connectivity index is 2.00. The van der Waals surface area contributed by atoms with Gasteiger partial charge in [0.25, 0.3) is 0 Å². The van der Waals surface area contributed by atoms with Gasteiger partial charge in [-0.15, -0.1) is 0 Å². The van der Waals surface area contributed by atoms with Gasteiger partial charge in [0.2, 0.25) is 0 Å². The molecule has 1 fully saturated rings. The molecular weight excluding hydrogens is 246 g/mol. The Kier molecular flexibility index (Phi) is 9.32. The van der Waals surface area contributed by atoms with E-state index in [9.17, 15) is 5.11 Å². The highest BCUT2D eigenvalue weighted by atomic mass is 16.5. The van der Waals surface area contributed by atoms with Crippen LogP contribution in [0.25, 0.3) is 0 Å². The topological polar surface area (TPSA) is 57.2 Å². The predicted molar refractivity (Wildman–Crippen MR) is 75.5 cm³/mol. The Morgan fingerprint density at radius 3 is 2.74 bits per heavy atom. The van der Waals surface area contributed by atoms with Crippen molar-refractivity contribution in [3.63, 3.8) is 0 Å². The molecule has 114 valence electrons. The first-order chi connectivity index (χ1) is 9.22. The largest absolute Gasteiger partial charge is 0.389 e. The summed E-state index contributed by atoms with van der Waals surface area (Å²) in [5, 5.41) is 13.2. The van der Waals surface area contributed by atoms with Crippen molar-refractivity contribution in [2.45, 2.75) is 6.10 Å². The molecule has 0 aliphatic carbocycles. The molecule has 1 aliphatic heterocycles. The number of aliphatic hydroxyl groups excluding tert-OH is 1. The smallest absolute Gasteiger partial charge is 0.0900 e. The summed E-state index contributed by atoms with van der Waals surface area (Å²) >= 11 is 0. The van der Waals surface area contributed by atoms with Gasteiger partial charge in [-0.1, -0.05) is 0 Å². The number of ether oxygens (including phenoxy) is 2. The molecule has 1 saturated heterocycles. The first kappa shape index (κ1) is 16.8. The lowest BCUT2D eigenvalue weighted by Crippen LogP contribution is -2.46. The number of nitrogens with zero attached hydrogens (tertiary/aromatic N) is 2. The fourth-order valence-electron chi connectivity index (χ4n) is 2.11. The zero-order valence-corrected chi connectivity index (χ0v) is 12.3. The standard InChI is InChI=1S/C13H29N3O3/c1-15(7-8-16-5-3-14-4-6-16)11-13(17)12-19-10-9-18-2/h13-14,17H,3-12H2,1-2H3. The third-order valence-electron chi connectivity index (χ3n) is 3.27. The van der Waals surface area contributed by atoms with Gasteiger partial charge in [-0.25, -0.2) is 0 Å². The van der Waals surface area contributed by atoms with Gasteiger partial charge in [-0.05, 0) is 7.05 Å². The van der Waals surface area contributed by atoms with E-state index in [-0.39, 0.29) is 0 Å². The van der Waals surface area contributed by atoms with Gasteiger partial charge < -0.3 is 24.8 Å². The van der Waals surface area contributed by atoms with E-state index in [1.54, 1.807) is 7.11 Å². The van der Waals surface area contributed by atoms with E-state index in [0.717, 1.165) is 39.3 Å². The Hall–Kier alpha value is -0.240. The summed E-state index contributed by atoms with van der Waals surface area (Å²) in [6.45, 7) is 8.60. The fourth-order valence-corrected chi connectivity index (χ4v) is 2.11. The third kappa shape index (κ3) is 8.52. The maximum atomic E-state index is 9.82. The minimum absolute atomic E-state index is 0.376. The van der Waals surface area contributed by atoms with Crippen LogP contribution >= 0.6 is 0 Å². The zero-order valence-electron chi connectivity index (χ0n) is 12.3. The van der Waals surface area contributed by atoms with E-state index in [0.29, 0.717) is 26.4 Å². The molecule has 1 atom stereocenters. The Labute approximate surface area is 116 Å². The van der Waals surface area contributed by atoms with E-state index in [4.69, 9.17) is 9.47 Å². The van der Waals surface area contributed by atoms with Gasteiger partial charge >= 0.3 is 0 Å². The van der Waals surface area contributed by atoms with Gasteiger partial charge in [0.15, 0.2) is 0 Å². The van der Waals surface area contributed by atoms with E-state index < -0.39 is 6.10 Å². The van der Waals surface area contributed by atoms with Crippen molar-refractivity contribution in [2.75, 3.05) is 79.8 Å². The second kappa shape index (κ2) is 10.5. The number of nitrogens with one attached hydrogen (secondary N) is 1. The van der Waals surface area contributed by atoms with Crippen molar-refractivity contribution >= 4 is 0 Å². The van der Waals surface area contributed by atoms with Crippen LogP contribution in [0.4, 0.5) is 0 Å². The van der Waals surface area contributed by atoms with E-state index >= 15 is 0 Å². The first-order valence-electron chi connectivity index (χ1n) is 7.08. The summed E-state index contributed by atoms with van der Waals surface area (Å²) in [5.41, 5.74) is 0. The van der Waals surface area contributed by atoms with Crippen LogP contribution in [0.5, 0.6) is 0 Å². The highest BCUT2D eigenvalue weighted by molar-refractivity contribution is 4.69. The second-order valence-corrected chi connectivity index (χ2v) is 5.08. The highest BCUT2D eigenvalue weighted by Crippen LogP contribution is 1.95. The van der Waals surface area contributed by atoms with Crippen molar-refractivity contribution in [1.29, 1.82) is 0 Å². The van der Waals surface area contributed by atoms with Crippen LogP contribution in [-0.2, 0) is 9.47 Å². The van der Waals surface area contributed by atoms with Gasteiger partial charge in [-0.2, -0.15) is 0 Å². The average molecular weight is 275 g/mol. The second-order valence-electron chi connectivity index (χ2n) is 5.08. The number of hydrogen-bond acceptors (Lipinski definition) is 6. The summed E-state index contributed by atoms with van der Waals surface area (Å²) in [5.74, 6) is 0. The van der Waals surface area contributed by atoms with Gasteiger partial charge in [-0.3, -0.25) is 4.90 Å². The fraction of sp³-hybridized carbons (Fsp3) is 1.00. The molecule has 0 aromatic heterocycles. The molecule has 0 spiro atoms. The van der Waals surface area contributed by atoms with Crippen molar-refractivity contribution in [1.82, 2.24) is 15.1 Å². The summed E-state index contributed by atoms with van der Waals surface area (Å²) < 4.78 is 10.2. The van der Waals surface area contributed by atoms with Crippen LogP contribution < -0.4 is 5.32 Å². The van der Waals surface area contributed by atoms with Crippen LogP contribution in [0.15, 0.2) is 0 Å². The summed E-state index contributed by atoms with van der Waals surface area (Å²) in [6.07, 6.45) is -0.426. The molecule has 1 heterocycles. The Bertz CT molecular complexity index is 213. The Morgan fingerprint density at radius 2 is 2.05 bits per heavy atom. The minimum Gasteiger partial charge on any atom is -0.389 e. The third-order valence-corrected chi connectivity index (χ3v) is 3.27. The number of aliphatic hydroxyl groups is 1. The SMILES string of the molecule is COCCOCC(O)CN(C)CCN1CCNCC1. The highest BCUT2D eigenvalue weighted by Gasteiger charge is 2.12. The minimum atomic E-state index is -0.426. The van der Waals surface area contributed by atoms with E-state index in [1.807, 2.05) is 7.05 Å². The quantitative estimate of drug-likeness (QED) is 0.491. The number of methoxy groups -OCH3 is 1. The molecular formula is C13H29N3O3. The van der Waals surface area contributed by atoms with Crippen LogP contribution in [-0.4, -0.2) is 101 Å². The lowest BCUT2D eigenvalue weighted by atomic mass is 10.3. The van der Waals surface area contributed by atoms with E-state index in [2.05, 4.69) is 15.1 Å². The number of likely N-dealkylation sites (N-methyl/N-ethyl adjacent to an activating group) is 1. The lowest BCUT2D eigenvalue weighted by molar-refractivity contribution is 0.00156. The number of rotatable bonds is 10. The van der Waals surface area contributed by atoms with Crippen LogP contribution in [0.1, 0.15) is 0 Å². The van der Waals surface area contributed by atoms with Crippen molar-refractivity contribution in [3.8, 4) is 0 Å². The molecule has 0 amide bonds. The van der Waals surface area contributed by atoms with Crippen LogP contribution in [0, 0.1) is 0 Å². The molecule has 2 N–H and O–H groups in total. The van der Waals surface area contributed by atoms with Crippen molar-refractivity contribution < 1.29 is 14.6 Å². The summed E-state index contributed by atoms with van der Waals surface area (Å²) in [7, 11) is 3.68. The lowest BCUT2D eigenvalue weighted by Gasteiger charge is -2.29. The number of hydrogen-bond donors (Lipinski definition) is 2. The summed E-state index contributed by atoms with van der Waals surface area (Å²) in [4.78, 5) is 4.61. The molecule has 1 rings (SSSR count). The molecule has 0 aromatic rings. The monoisotopic (exact) mass is 275 g/mol. The predicted octanol–water partition coefficient (Wildman–Crippen LogP) is -1.15. The summed E-state index contributed by atoms with van der Waals surface area (Å²) in [6, 6.07) is 0. The molecule has 1 aliphatic rings. The molecule has 6 heteroatoms. The number of piperazine rings is 1. The average Bonchev–Trinajstić information content (AvgIpc) is 2.42. The van der Waals surface area contributed by atoms with Gasteiger partial charge in [0.05, 0.1) is 25.9 Å². The first-order valence-corrected chi connectivity index (χ1v) is 7.08. The normalized spacial score (nSPS) is 18.9. The van der Waals surface area contributed by atoms with Crippen molar-refractivity contribution in [3.05, 3.63) is 0 Å². The van der Waals surface area contributed by atoms with E-state index in [1.165, 1.54) is 0 Å². The molecule has 1 unspecified atom stereocenters. The molecule has 6 nitrogen and oxygen atoms in total. The van der Waals surface area contributed by atoms with Gasteiger partial charge in [0, 0.05) is 52.9 Å². The zero-order chi connectivity index (χ0) is 13.9. The van der Waals surface area contributed by atoms with Crippen LogP contribution in [0.3, 0.4) is 0 Å². The molecule has 19 heavy (non-hydrogen) atoms. The molecule has 0 bridgehead atoms. The maximum Gasteiger partial charge on any atom is 0.0900 e. The van der Waals surface area contributed by atoms with Crippen LogP contribution in [0.2, 0.25) is 0 Å².